The molecule has 1 amide bonds. The van der Waals surface area contributed by atoms with Crippen LogP contribution in [0.25, 0.3) is 0 Å². The number of hydrogen-bond donors (Lipinski definition) is 1. The zero-order valence-electron chi connectivity index (χ0n) is 15.2. The fourth-order valence-electron chi connectivity index (χ4n) is 3.40. The van der Waals surface area contributed by atoms with Gasteiger partial charge in [-0.1, -0.05) is 32.9 Å². The molecular formula is C20H31NO2. The van der Waals surface area contributed by atoms with E-state index in [9.17, 15) is 4.79 Å². The molecule has 1 aromatic rings. The van der Waals surface area contributed by atoms with Gasteiger partial charge in [0.15, 0.2) is 6.61 Å². The molecule has 0 bridgehead atoms. The minimum Gasteiger partial charge on any atom is -0.483 e. The molecule has 3 heteroatoms. The predicted octanol–water partition coefficient (Wildman–Crippen LogP) is 4.40. The monoisotopic (exact) mass is 317 g/mol. The maximum atomic E-state index is 12.1. The van der Waals surface area contributed by atoms with Crippen molar-refractivity contribution in [3.63, 3.8) is 0 Å². The topological polar surface area (TPSA) is 38.3 Å². The van der Waals surface area contributed by atoms with Crippen molar-refractivity contribution in [2.75, 3.05) is 6.61 Å². The third-order valence-corrected chi connectivity index (χ3v) is 5.23. The van der Waals surface area contributed by atoms with Crippen LogP contribution in [0.15, 0.2) is 18.2 Å². The number of rotatable bonds is 4. The van der Waals surface area contributed by atoms with Crippen molar-refractivity contribution in [2.45, 2.75) is 66.3 Å². The first-order chi connectivity index (χ1) is 10.8. The highest BCUT2D eigenvalue weighted by Gasteiger charge is 2.30. The van der Waals surface area contributed by atoms with Crippen molar-refractivity contribution in [2.24, 2.45) is 11.3 Å². The molecule has 1 aliphatic carbocycles. The van der Waals surface area contributed by atoms with Crippen LogP contribution < -0.4 is 10.1 Å². The van der Waals surface area contributed by atoms with Gasteiger partial charge in [-0.2, -0.15) is 0 Å². The van der Waals surface area contributed by atoms with Crippen LogP contribution in [0.4, 0.5) is 0 Å². The Balaban J connectivity index is 1.77. The van der Waals surface area contributed by atoms with Crippen LogP contribution in [-0.2, 0) is 4.79 Å². The Morgan fingerprint density at radius 2 is 1.83 bits per heavy atom. The second kappa shape index (κ2) is 7.37. The zero-order chi connectivity index (χ0) is 17.0. The van der Waals surface area contributed by atoms with E-state index >= 15 is 0 Å². The molecule has 3 nitrogen and oxygen atoms in total. The predicted molar refractivity (Wildman–Crippen MR) is 94.8 cm³/mol. The summed E-state index contributed by atoms with van der Waals surface area (Å²) in [6.45, 7) is 11.1. The highest BCUT2D eigenvalue weighted by Crippen LogP contribution is 2.37. The molecule has 0 spiro atoms. The number of amides is 1. The Morgan fingerprint density at radius 1 is 1.17 bits per heavy atom. The van der Waals surface area contributed by atoms with Crippen LogP contribution >= 0.6 is 0 Å². The summed E-state index contributed by atoms with van der Waals surface area (Å²) >= 11 is 0. The number of nitrogens with one attached hydrogen (secondary N) is 1. The van der Waals surface area contributed by atoms with E-state index in [1.807, 2.05) is 19.1 Å². The molecule has 0 saturated heterocycles. The minimum atomic E-state index is -0.00915. The molecule has 128 valence electrons. The van der Waals surface area contributed by atoms with E-state index < -0.39 is 0 Å². The van der Waals surface area contributed by atoms with Crippen molar-refractivity contribution in [1.82, 2.24) is 5.32 Å². The molecule has 23 heavy (non-hydrogen) atoms. The maximum absolute atomic E-state index is 12.1. The standard InChI is InChI=1S/C20H31NO2/c1-14-7-6-8-18(15(14)2)23-13-19(22)21-17-11-9-16(10-12-17)20(3,4)5/h6-8,16-17H,9-13H2,1-5H3,(H,21,22). The van der Waals surface area contributed by atoms with Crippen LogP contribution in [0.1, 0.15) is 57.6 Å². The van der Waals surface area contributed by atoms with Crippen molar-refractivity contribution in [3.8, 4) is 5.75 Å². The molecule has 0 aliphatic heterocycles. The molecule has 1 N–H and O–H groups in total. The summed E-state index contributed by atoms with van der Waals surface area (Å²) in [5.74, 6) is 1.56. The fraction of sp³-hybridized carbons (Fsp3) is 0.650. The van der Waals surface area contributed by atoms with E-state index in [4.69, 9.17) is 4.74 Å². The lowest BCUT2D eigenvalue weighted by Gasteiger charge is -2.37. The molecule has 1 fully saturated rings. The summed E-state index contributed by atoms with van der Waals surface area (Å²) < 4.78 is 5.68. The lowest BCUT2D eigenvalue weighted by atomic mass is 9.71. The minimum absolute atomic E-state index is 0.00915. The smallest absolute Gasteiger partial charge is 0.258 e. The number of carbonyl (C=O) groups is 1. The largest absolute Gasteiger partial charge is 0.483 e. The molecule has 0 heterocycles. The summed E-state index contributed by atoms with van der Waals surface area (Å²) in [6.07, 6.45) is 4.56. The van der Waals surface area contributed by atoms with Gasteiger partial charge in [-0.05, 0) is 68.1 Å². The molecular weight excluding hydrogens is 286 g/mol. The Bertz CT molecular complexity index is 537. The van der Waals surface area contributed by atoms with Gasteiger partial charge in [-0.25, -0.2) is 0 Å². The van der Waals surface area contributed by atoms with Gasteiger partial charge in [0, 0.05) is 6.04 Å². The molecule has 1 saturated carbocycles. The van der Waals surface area contributed by atoms with Crippen LogP contribution in [0, 0.1) is 25.2 Å². The quantitative estimate of drug-likeness (QED) is 0.893. The van der Waals surface area contributed by atoms with E-state index in [0.717, 1.165) is 30.1 Å². The Morgan fingerprint density at radius 3 is 2.43 bits per heavy atom. The van der Waals surface area contributed by atoms with Gasteiger partial charge in [-0.15, -0.1) is 0 Å². The third kappa shape index (κ3) is 4.98. The summed E-state index contributed by atoms with van der Waals surface area (Å²) in [5.41, 5.74) is 2.66. The van der Waals surface area contributed by atoms with Crippen molar-refractivity contribution >= 4 is 5.91 Å². The van der Waals surface area contributed by atoms with Gasteiger partial charge in [-0.3, -0.25) is 4.79 Å². The summed E-state index contributed by atoms with van der Waals surface area (Å²) in [4.78, 5) is 12.1. The Labute approximate surface area is 140 Å². The van der Waals surface area contributed by atoms with Gasteiger partial charge < -0.3 is 10.1 Å². The SMILES string of the molecule is Cc1cccc(OCC(=O)NC2CCC(C(C)(C)C)CC2)c1C. The second-order valence-electron chi connectivity index (χ2n) is 7.97. The molecule has 0 aromatic heterocycles. The second-order valence-corrected chi connectivity index (χ2v) is 7.97. The number of ether oxygens (including phenoxy) is 1. The van der Waals surface area contributed by atoms with Crippen molar-refractivity contribution in [1.29, 1.82) is 0 Å². The van der Waals surface area contributed by atoms with E-state index in [1.54, 1.807) is 0 Å². The summed E-state index contributed by atoms with van der Waals surface area (Å²) in [6, 6.07) is 6.24. The van der Waals surface area contributed by atoms with Crippen molar-refractivity contribution < 1.29 is 9.53 Å². The first-order valence-corrected chi connectivity index (χ1v) is 8.75. The lowest BCUT2D eigenvalue weighted by Crippen LogP contribution is -2.41. The average molecular weight is 317 g/mol. The summed E-state index contributed by atoms with van der Waals surface area (Å²) in [5, 5.41) is 3.13. The van der Waals surface area contributed by atoms with Crippen molar-refractivity contribution in [3.05, 3.63) is 29.3 Å². The first-order valence-electron chi connectivity index (χ1n) is 8.75. The number of benzene rings is 1. The average Bonchev–Trinajstić information content (AvgIpc) is 2.48. The molecule has 0 atom stereocenters. The normalized spacial score (nSPS) is 21.8. The van der Waals surface area contributed by atoms with Crippen LogP contribution in [0.2, 0.25) is 0 Å². The van der Waals surface area contributed by atoms with Gasteiger partial charge in [0.05, 0.1) is 0 Å². The fourth-order valence-corrected chi connectivity index (χ4v) is 3.40. The van der Waals surface area contributed by atoms with E-state index in [0.29, 0.717) is 11.5 Å². The first kappa shape index (κ1) is 17.8. The molecule has 1 aromatic carbocycles. The molecule has 0 unspecified atom stereocenters. The van der Waals surface area contributed by atoms with Gasteiger partial charge in [0.25, 0.3) is 5.91 Å². The Hall–Kier alpha value is -1.51. The maximum Gasteiger partial charge on any atom is 0.258 e. The lowest BCUT2D eigenvalue weighted by molar-refractivity contribution is -0.124. The van der Waals surface area contributed by atoms with E-state index in [-0.39, 0.29) is 12.5 Å². The third-order valence-electron chi connectivity index (χ3n) is 5.23. The number of carbonyl (C=O) groups excluding carboxylic acids is 1. The highest BCUT2D eigenvalue weighted by molar-refractivity contribution is 5.77. The molecule has 1 aliphatic rings. The number of aryl methyl sites for hydroxylation is 1. The van der Waals surface area contributed by atoms with E-state index in [2.05, 4.69) is 39.1 Å². The van der Waals surface area contributed by atoms with Crippen LogP contribution in [-0.4, -0.2) is 18.6 Å². The number of hydrogen-bond acceptors (Lipinski definition) is 2. The van der Waals surface area contributed by atoms with Gasteiger partial charge >= 0.3 is 0 Å². The van der Waals surface area contributed by atoms with Gasteiger partial charge in [0.2, 0.25) is 0 Å². The summed E-state index contributed by atoms with van der Waals surface area (Å²) in [7, 11) is 0. The van der Waals surface area contributed by atoms with Gasteiger partial charge in [0.1, 0.15) is 5.75 Å². The molecule has 2 rings (SSSR count). The zero-order valence-corrected chi connectivity index (χ0v) is 15.2. The Kier molecular flexibility index (Phi) is 5.72. The molecule has 0 radical (unpaired) electrons. The van der Waals surface area contributed by atoms with E-state index in [1.165, 1.54) is 18.4 Å². The van der Waals surface area contributed by atoms with Crippen LogP contribution in [0.5, 0.6) is 5.75 Å². The highest BCUT2D eigenvalue weighted by atomic mass is 16.5. The van der Waals surface area contributed by atoms with Crippen LogP contribution in [0.3, 0.4) is 0 Å².